The van der Waals surface area contributed by atoms with Gasteiger partial charge in [0.15, 0.2) is 0 Å². The van der Waals surface area contributed by atoms with Crippen LogP contribution in [-0.2, 0) is 0 Å². The average molecular weight is 345 g/mol. The van der Waals surface area contributed by atoms with Crippen LogP contribution in [0, 0.1) is 10.1 Å². The molecule has 2 rings (SSSR count). The van der Waals surface area contributed by atoms with Gasteiger partial charge in [0, 0.05) is 17.7 Å². The van der Waals surface area contributed by atoms with E-state index in [0.717, 1.165) is 6.07 Å². The molecule has 0 atom stereocenters. The Bertz CT molecular complexity index is 835. The molecule has 9 nitrogen and oxygen atoms in total. The van der Waals surface area contributed by atoms with Crippen LogP contribution < -0.4 is 14.9 Å². The van der Waals surface area contributed by atoms with Crippen LogP contribution in [0.25, 0.3) is 0 Å². The van der Waals surface area contributed by atoms with Crippen LogP contribution in [0.3, 0.4) is 0 Å². The van der Waals surface area contributed by atoms with Crippen molar-refractivity contribution in [3.8, 4) is 17.2 Å². The fourth-order valence-corrected chi connectivity index (χ4v) is 1.97. The number of hydrazone groups is 1. The lowest BCUT2D eigenvalue weighted by molar-refractivity contribution is -0.384. The number of hydrogen-bond acceptors (Lipinski definition) is 7. The number of methoxy groups -OCH3 is 2. The molecule has 25 heavy (non-hydrogen) atoms. The smallest absolute Gasteiger partial charge is 0.275 e. The number of nitro benzene ring substituents is 1. The van der Waals surface area contributed by atoms with E-state index >= 15 is 0 Å². The number of amides is 1. The first kappa shape index (κ1) is 17.7. The standard InChI is InChI=1S/C16H15N3O6/c1-24-12-4-5-14(20)10(7-12)9-17-18-16(21)13-8-11(19(22)23)3-6-15(13)25-2/h3-9,20H,1-2H3,(H,18,21)/b17-9-. The van der Waals surface area contributed by atoms with Crippen LogP contribution >= 0.6 is 0 Å². The zero-order valence-electron chi connectivity index (χ0n) is 13.4. The molecule has 2 N–H and O–H groups in total. The van der Waals surface area contributed by atoms with Gasteiger partial charge >= 0.3 is 0 Å². The van der Waals surface area contributed by atoms with Crippen molar-refractivity contribution >= 4 is 17.8 Å². The zero-order valence-corrected chi connectivity index (χ0v) is 13.4. The minimum absolute atomic E-state index is 0.0382. The Morgan fingerprint density at radius 3 is 2.64 bits per heavy atom. The monoisotopic (exact) mass is 345 g/mol. The second-order valence-corrected chi connectivity index (χ2v) is 4.77. The van der Waals surface area contributed by atoms with E-state index < -0.39 is 10.8 Å². The number of aromatic hydroxyl groups is 1. The normalized spacial score (nSPS) is 10.5. The number of rotatable bonds is 6. The van der Waals surface area contributed by atoms with E-state index in [0.29, 0.717) is 11.3 Å². The van der Waals surface area contributed by atoms with Crippen LogP contribution in [0.5, 0.6) is 17.2 Å². The van der Waals surface area contributed by atoms with Gasteiger partial charge in [0.2, 0.25) is 0 Å². The quantitative estimate of drug-likeness (QED) is 0.469. The van der Waals surface area contributed by atoms with Gasteiger partial charge in [-0.05, 0) is 24.3 Å². The number of non-ortho nitro benzene ring substituents is 1. The highest BCUT2D eigenvalue weighted by atomic mass is 16.6. The lowest BCUT2D eigenvalue weighted by Gasteiger charge is -2.07. The molecule has 0 aliphatic rings. The van der Waals surface area contributed by atoms with Crippen molar-refractivity contribution in [2.45, 2.75) is 0 Å². The van der Waals surface area contributed by atoms with Crippen molar-refractivity contribution in [1.29, 1.82) is 0 Å². The maximum Gasteiger partial charge on any atom is 0.275 e. The average Bonchev–Trinajstić information content (AvgIpc) is 2.62. The summed E-state index contributed by atoms with van der Waals surface area (Å²) in [5, 5.41) is 24.3. The molecule has 9 heteroatoms. The van der Waals surface area contributed by atoms with Crippen LogP contribution in [0.15, 0.2) is 41.5 Å². The Kier molecular flexibility index (Phi) is 5.51. The summed E-state index contributed by atoms with van der Waals surface area (Å²) < 4.78 is 10.1. The molecular formula is C16H15N3O6. The van der Waals surface area contributed by atoms with Crippen molar-refractivity contribution < 1.29 is 24.3 Å². The number of hydrogen-bond donors (Lipinski definition) is 2. The highest BCUT2D eigenvalue weighted by Gasteiger charge is 2.17. The highest BCUT2D eigenvalue weighted by molar-refractivity contribution is 5.98. The van der Waals surface area contributed by atoms with E-state index in [1.54, 1.807) is 6.07 Å². The number of carbonyl (C=O) groups excluding carboxylic acids is 1. The summed E-state index contributed by atoms with van der Waals surface area (Å²) in [7, 11) is 2.82. The second-order valence-electron chi connectivity index (χ2n) is 4.77. The van der Waals surface area contributed by atoms with Gasteiger partial charge in [-0.3, -0.25) is 14.9 Å². The Balaban J connectivity index is 2.20. The molecular weight excluding hydrogens is 330 g/mol. The molecule has 130 valence electrons. The van der Waals surface area contributed by atoms with Crippen LogP contribution in [0.2, 0.25) is 0 Å². The summed E-state index contributed by atoms with van der Waals surface area (Å²) in [5.74, 6) is -0.0700. The van der Waals surface area contributed by atoms with Crippen molar-refractivity contribution in [1.82, 2.24) is 5.43 Å². The Hall–Kier alpha value is -3.62. The molecule has 0 aliphatic heterocycles. The van der Waals surface area contributed by atoms with E-state index in [9.17, 15) is 20.0 Å². The first-order valence-electron chi connectivity index (χ1n) is 6.99. The summed E-state index contributed by atoms with van der Waals surface area (Å²) in [4.78, 5) is 22.4. The summed E-state index contributed by atoms with van der Waals surface area (Å²) in [5.41, 5.74) is 2.27. The topological polar surface area (TPSA) is 123 Å². The summed E-state index contributed by atoms with van der Waals surface area (Å²) in [6.07, 6.45) is 1.22. The predicted octanol–water partition coefficient (Wildman–Crippen LogP) is 2.08. The Labute approximate surface area is 142 Å². The fraction of sp³-hybridized carbons (Fsp3) is 0.125. The van der Waals surface area contributed by atoms with Gasteiger partial charge in [-0.25, -0.2) is 5.43 Å². The molecule has 2 aromatic carbocycles. The second kappa shape index (κ2) is 7.77. The number of nitrogens with zero attached hydrogens (tertiary/aromatic N) is 2. The number of nitro groups is 1. The van der Waals surface area contributed by atoms with E-state index in [2.05, 4.69) is 10.5 Å². The fourth-order valence-electron chi connectivity index (χ4n) is 1.97. The van der Waals surface area contributed by atoms with Gasteiger partial charge in [0.25, 0.3) is 11.6 Å². The van der Waals surface area contributed by atoms with Crippen molar-refractivity contribution in [2.24, 2.45) is 5.10 Å². The third-order valence-electron chi connectivity index (χ3n) is 3.24. The highest BCUT2D eigenvalue weighted by Crippen LogP contribution is 2.24. The van der Waals surface area contributed by atoms with Gasteiger partial charge in [-0.2, -0.15) is 5.10 Å². The number of phenols is 1. The zero-order chi connectivity index (χ0) is 18.4. The SMILES string of the molecule is COc1ccc(O)c(/C=N\NC(=O)c2cc([N+](=O)[O-])ccc2OC)c1. The lowest BCUT2D eigenvalue weighted by Crippen LogP contribution is -2.18. The van der Waals surface area contributed by atoms with Gasteiger partial charge in [-0.1, -0.05) is 0 Å². The summed E-state index contributed by atoms with van der Waals surface area (Å²) in [6, 6.07) is 8.16. The van der Waals surface area contributed by atoms with Crippen molar-refractivity contribution in [3.63, 3.8) is 0 Å². The van der Waals surface area contributed by atoms with Crippen LogP contribution in [0.1, 0.15) is 15.9 Å². The van der Waals surface area contributed by atoms with Crippen LogP contribution in [0.4, 0.5) is 5.69 Å². The molecule has 1 amide bonds. The molecule has 0 aromatic heterocycles. The van der Waals surface area contributed by atoms with E-state index in [-0.39, 0.29) is 22.7 Å². The summed E-state index contributed by atoms with van der Waals surface area (Å²) in [6.45, 7) is 0. The van der Waals surface area contributed by atoms with E-state index in [1.165, 1.54) is 44.7 Å². The molecule has 0 spiro atoms. The number of carbonyl (C=O) groups is 1. The lowest BCUT2D eigenvalue weighted by atomic mass is 10.1. The third-order valence-corrected chi connectivity index (χ3v) is 3.24. The number of nitrogens with one attached hydrogen (secondary N) is 1. The van der Waals surface area contributed by atoms with Gasteiger partial charge < -0.3 is 14.6 Å². The minimum atomic E-state index is -0.695. The van der Waals surface area contributed by atoms with Crippen molar-refractivity contribution in [2.75, 3.05) is 14.2 Å². The van der Waals surface area contributed by atoms with E-state index in [4.69, 9.17) is 9.47 Å². The maximum absolute atomic E-state index is 12.2. The minimum Gasteiger partial charge on any atom is -0.507 e. The number of phenolic OH excluding ortho intramolecular Hbond substituents is 1. The molecule has 0 aliphatic carbocycles. The number of benzene rings is 2. The van der Waals surface area contributed by atoms with Gasteiger partial charge in [-0.15, -0.1) is 0 Å². The molecule has 0 heterocycles. The molecule has 0 saturated heterocycles. The molecule has 0 radical (unpaired) electrons. The molecule has 0 bridgehead atoms. The third kappa shape index (κ3) is 4.22. The molecule has 0 unspecified atom stereocenters. The summed E-state index contributed by atoms with van der Waals surface area (Å²) >= 11 is 0. The molecule has 0 fully saturated rings. The molecule has 0 saturated carbocycles. The van der Waals surface area contributed by atoms with E-state index in [1.807, 2.05) is 0 Å². The predicted molar refractivity (Wildman–Crippen MR) is 89.4 cm³/mol. The Morgan fingerprint density at radius 2 is 2.00 bits per heavy atom. The van der Waals surface area contributed by atoms with Gasteiger partial charge in [0.1, 0.15) is 17.2 Å². The molecule has 2 aromatic rings. The van der Waals surface area contributed by atoms with Crippen LogP contribution in [-0.4, -0.2) is 36.4 Å². The van der Waals surface area contributed by atoms with Gasteiger partial charge in [0.05, 0.1) is 30.9 Å². The first-order chi connectivity index (χ1) is 12.0. The number of ether oxygens (including phenoxy) is 2. The van der Waals surface area contributed by atoms with Crippen molar-refractivity contribution in [3.05, 3.63) is 57.6 Å². The Morgan fingerprint density at radius 1 is 1.24 bits per heavy atom. The first-order valence-corrected chi connectivity index (χ1v) is 6.99. The maximum atomic E-state index is 12.2. The largest absolute Gasteiger partial charge is 0.507 e.